The second-order valence-electron chi connectivity index (χ2n) is 5.68. The van der Waals surface area contributed by atoms with Crippen LogP contribution in [-0.2, 0) is 11.3 Å². The van der Waals surface area contributed by atoms with Crippen molar-refractivity contribution in [1.29, 1.82) is 0 Å². The lowest BCUT2D eigenvalue weighted by Gasteiger charge is -2.26. The molecular formula is C15H23N3O2S. The molecule has 1 rings (SSSR count). The molecule has 21 heavy (non-hydrogen) atoms. The highest BCUT2D eigenvalue weighted by molar-refractivity contribution is 7.80. The van der Waals surface area contributed by atoms with E-state index in [2.05, 4.69) is 5.32 Å². The van der Waals surface area contributed by atoms with Gasteiger partial charge in [0.15, 0.2) is 5.11 Å². The van der Waals surface area contributed by atoms with E-state index in [1.54, 1.807) is 4.90 Å². The molecule has 1 amide bonds. The van der Waals surface area contributed by atoms with Gasteiger partial charge in [-0.05, 0) is 57.6 Å². The number of hydrogen-bond donors (Lipinski definition) is 2. The summed E-state index contributed by atoms with van der Waals surface area (Å²) in [5, 5.41) is 3.09. The zero-order valence-corrected chi connectivity index (χ0v) is 13.8. The Bertz CT molecular complexity index is 512. The quantitative estimate of drug-likeness (QED) is 0.837. The largest absolute Gasteiger partial charge is 0.444 e. The van der Waals surface area contributed by atoms with Crippen molar-refractivity contribution in [2.75, 3.05) is 11.9 Å². The average Bonchev–Trinajstić information content (AvgIpc) is 2.33. The van der Waals surface area contributed by atoms with Crippen molar-refractivity contribution >= 4 is 29.1 Å². The van der Waals surface area contributed by atoms with Gasteiger partial charge in [0.2, 0.25) is 0 Å². The van der Waals surface area contributed by atoms with Gasteiger partial charge in [0, 0.05) is 18.8 Å². The Morgan fingerprint density at radius 2 is 2.10 bits per heavy atom. The fourth-order valence-electron chi connectivity index (χ4n) is 1.74. The van der Waals surface area contributed by atoms with Crippen molar-refractivity contribution < 1.29 is 9.53 Å². The standard InChI is InChI=1S/C15H23N3O2S/c1-5-18(14(19)20-15(2,3)4)10-11-7-6-8-12(9-11)17-13(16)21/h6-9H,5,10H2,1-4H3,(H3,16,17,21). The number of nitrogens with zero attached hydrogens (tertiary/aromatic N) is 1. The first-order valence-corrected chi connectivity index (χ1v) is 7.25. The Balaban J connectivity index is 2.77. The number of carbonyl (C=O) groups is 1. The van der Waals surface area contributed by atoms with Crippen molar-refractivity contribution in [1.82, 2.24) is 4.90 Å². The number of nitrogens with two attached hydrogens (primary N) is 1. The maximum Gasteiger partial charge on any atom is 0.410 e. The van der Waals surface area contributed by atoms with E-state index in [0.717, 1.165) is 11.3 Å². The lowest BCUT2D eigenvalue weighted by atomic mass is 10.2. The molecule has 0 unspecified atom stereocenters. The number of anilines is 1. The minimum absolute atomic E-state index is 0.214. The maximum absolute atomic E-state index is 12.1. The highest BCUT2D eigenvalue weighted by Crippen LogP contribution is 2.15. The smallest absolute Gasteiger partial charge is 0.410 e. The van der Waals surface area contributed by atoms with Gasteiger partial charge in [-0.1, -0.05) is 12.1 Å². The molecule has 0 fully saturated rings. The van der Waals surface area contributed by atoms with E-state index in [1.807, 2.05) is 52.0 Å². The van der Waals surface area contributed by atoms with Crippen LogP contribution in [0, 0.1) is 0 Å². The monoisotopic (exact) mass is 309 g/mol. The van der Waals surface area contributed by atoms with Crippen molar-refractivity contribution in [3.63, 3.8) is 0 Å². The summed E-state index contributed by atoms with van der Waals surface area (Å²) in [5.41, 5.74) is 6.74. The normalized spacial score (nSPS) is 10.9. The number of benzene rings is 1. The molecule has 1 aromatic carbocycles. The number of ether oxygens (including phenoxy) is 1. The molecule has 0 saturated carbocycles. The van der Waals surface area contributed by atoms with E-state index < -0.39 is 5.60 Å². The first-order valence-electron chi connectivity index (χ1n) is 6.84. The number of amides is 1. The molecule has 0 aliphatic carbocycles. The van der Waals surface area contributed by atoms with E-state index in [1.165, 1.54) is 0 Å². The molecule has 0 aliphatic heterocycles. The van der Waals surface area contributed by atoms with Crippen LogP contribution in [0.15, 0.2) is 24.3 Å². The summed E-state index contributed by atoms with van der Waals surface area (Å²) >= 11 is 4.81. The zero-order chi connectivity index (χ0) is 16.0. The van der Waals surface area contributed by atoms with Crippen LogP contribution < -0.4 is 11.1 Å². The molecule has 0 bridgehead atoms. The lowest BCUT2D eigenvalue weighted by Crippen LogP contribution is -2.36. The van der Waals surface area contributed by atoms with E-state index in [-0.39, 0.29) is 11.2 Å². The van der Waals surface area contributed by atoms with Gasteiger partial charge < -0.3 is 20.7 Å². The minimum Gasteiger partial charge on any atom is -0.444 e. The highest BCUT2D eigenvalue weighted by Gasteiger charge is 2.21. The SMILES string of the molecule is CCN(Cc1cccc(NC(N)=S)c1)C(=O)OC(C)(C)C. The highest BCUT2D eigenvalue weighted by atomic mass is 32.1. The van der Waals surface area contributed by atoms with Crippen molar-refractivity contribution in [2.24, 2.45) is 5.73 Å². The third kappa shape index (κ3) is 6.44. The molecule has 5 nitrogen and oxygen atoms in total. The summed E-state index contributed by atoms with van der Waals surface area (Å²) in [6.45, 7) is 8.52. The van der Waals surface area contributed by atoms with Crippen molar-refractivity contribution in [3.05, 3.63) is 29.8 Å². The van der Waals surface area contributed by atoms with Gasteiger partial charge in [-0.15, -0.1) is 0 Å². The molecule has 1 aromatic rings. The van der Waals surface area contributed by atoms with E-state index in [9.17, 15) is 4.79 Å². The molecule has 0 aliphatic rings. The van der Waals surface area contributed by atoms with E-state index >= 15 is 0 Å². The Labute approximate surface area is 131 Å². The van der Waals surface area contributed by atoms with Gasteiger partial charge in [0.25, 0.3) is 0 Å². The molecule has 0 atom stereocenters. The van der Waals surface area contributed by atoms with Gasteiger partial charge in [-0.3, -0.25) is 0 Å². The molecule has 6 heteroatoms. The van der Waals surface area contributed by atoms with Crippen LogP contribution in [0.25, 0.3) is 0 Å². The second-order valence-corrected chi connectivity index (χ2v) is 6.12. The minimum atomic E-state index is -0.500. The van der Waals surface area contributed by atoms with Gasteiger partial charge >= 0.3 is 6.09 Å². The Morgan fingerprint density at radius 3 is 2.62 bits per heavy atom. The van der Waals surface area contributed by atoms with Gasteiger partial charge in [-0.2, -0.15) is 0 Å². The van der Waals surface area contributed by atoms with Crippen LogP contribution in [0.4, 0.5) is 10.5 Å². The molecule has 0 spiro atoms. The molecule has 116 valence electrons. The van der Waals surface area contributed by atoms with Crippen LogP contribution in [0.2, 0.25) is 0 Å². The predicted molar refractivity (Wildman–Crippen MR) is 89.2 cm³/mol. The number of thiocarbonyl (C=S) groups is 1. The van der Waals surface area contributed by atoms with Crippen LogP contribution in [0.5, 0.6) is 0 Å². The molecule has 0 radical (unpaired) electrons. The summed E-state index contributed by atoms with van der Waals surface area (Å²) in [6.07, 6.45) is -0.322. The Morgan fingerprint density at radius 1 is 1.43 bits per heavy atom. The average molecular weight is 309 g/mol. The maximum atomic E-state index is 12.1. The van der Waals surface area contributed by atoms with Gasteiger partial charge in [0.1, 0.15) is 5.60 Å². The van der Waals surface area contributed by atoms with Gasteiger partial charge in [0.05, 0.1) is 0 Å². The van der Waals surface area contributed by atoms with Crippen molar-refractivity contribution in [3.8, 4) is 0 Å². The van der Waals surface area contributed by atoms with Gasteiger partial charge in [-0.25, -0.2) is 4.79 Å². The van der Waals surface area contributed by atoms with E-state index in [4.69, 9.17) is 22.7 Å². The fraction of sp³-hybridized carbons (Fsp3) is 0.467. The van der Waals surface area contributed by atoms with E-state index in [0.29, 0.717) is 13.1 Å². The third-order valence-electron chi connectivity index (χ3n) is 2.60. The second kappa shape index (κ2) is 7.26. The van der Waals surface area contributed by atoms with Crippen LogP contribution >= 0.6 is 12.2 Å². The Kier molecular flexibility index (Phi) is 5.96. The number of hydrogen-bond acceptors (Lipinski definition) is 3. The zero-order valence-electron chi connectivity index (χ0n) is 13.0. The molecule has 3 N–H and O–H groups in total. The molecular weight excluding hydrogens is 286 g/mol. The summed E-state index contributed by atoms with van der Waals surface area (Å²) in [7, 11) is 0. The predicted octanol–water partition coefficient (Wildman–Crippen LogP) is 3.10. The van der Waals surface area contributed by atoms with Crippen LogP contribution in [-0.4, -0.2) is 28.3 Å². The first-order chi connectivity index (χ1) is 9.71. The summed E-state index contributed by atoms with van der Waals surface area (Å²) in [4.78, 5) is 13.7. The molecule has 0 aromatic heterocycles. The van der Waals surface area contributed by atoms with Crippen molar-refractivity contribution in [2.45, 2.75) is 39.8 Å². The topological polar surface area (TPSA) is 67.6 Å². The number of nitrogens with one attached hydrogen (secondary N) is 1. The third-order valence-corrected chi connectivity index (χ3v) is 2.70. The number of carbonyl (C=O) groups excluding carboxylic acids is 1. The fourth-order valence-corrected chi connectivity index (χ4v) is 1.86. The summed E-state index contributed by atoms with van der Waals surface area (Å²) in [5.74, 6) is 0. The summed E-state index contributed by atoms with van der Waals surface area (Å²) < 4.78 is 5.39. The first kappa shape index (κ1) is 17.2. The Hall–Kier alpha value is -1.82. The summed E-state index contributed by atoms with van der Waals surface area (Å²) in [6, 6.07) is 7.61. The molecule has 0 saturated heterocycles. The number of rotatable bonds is 4. The van der Waals surface area contributed by atoms with Crippen LogP contribution in [0.3, 0.4) is 0 Å². The van der Waals surface area contributed by atoms with Crippen LogP contribution in [0.1, 0.15) is 33.3 Å². The lowest BCUT2D eigenvalue weighted by molar-refractivity contribution is 0.0244. The molecule has 0 heterocycles.